The maximum atomic E-state index is 12.7. The van der Waals surface area contributed by atoms with Gasteiger partial charge in [-0.2, -0.15) is 5.10 Å². The molecule has 2 aliphatic heterocycles. The number of rotatable bonds is 5. The molecule has 8 nitrogen and oxygen atoms in total. The predicted octanol–water partition coefficient (Wildman–Crippen LogP) is 1.26. The molecule has 27 heavy (non-hydrogen) atoms. The summed E-state index contributed by atoms with van der Waals surface area (Å²) in [5, 5.41) is 7.12. The molecule has 1 unspecified atom stereocenters. The Morgan fingerprint density at radius 2 is 2.15 bits per heavy atom. The van der Waals surface area contributed by atoms with E-state index < -0.39 is 6.04 Å². The molecule has 1 saturated heterocycles. The number of nitrogens with one attached hydrogen (secondary N) is 1. The first kappa shape index (κ1) is 17.4. The van der Waals surface area contributed by atoms with Crippen LogP contribution in [-0.4, -0.2) is 39.3 Å². The molecule has 4 rings (SSSR count). The summed E-state index contributed by atoms with van der Waals surface area (Å²) >= 11 is 0. The molecule has 2 aliphatic rings. The van der Waals surface area contributed by atoms with Crippen molar-refractivity contribution in [2.75, 3.05) is 6.79 Å². The minimum absolute atomic E-state index is 0.00891. The summed E-state index contributed by atoms with van der Waals surface area (Å²) in [5.41, 5.74) is 2.89. The predicted molar refractivity (Wildman–Crippen MR) is 95.9 cm³/mol. The third-order valence-electron chi connectivity index (χ3n) is 5.21. The Labute approximate surface area is 157 Å². The van der Waals surface area contributed by atoms with Crippen molar-refractivity contribution in [1.82, 2.24) is 20.0 Å². The highest BCUT2D eigenvalue weighted by molar-refractivity contribution is 5.90. The van der Waals surface area contributed by atoms with Crippen LogP contribution in [0.15, 0.2) is 24.4 Å². The van der Waals surface area contributed by atoms with Gasteiger partial charge in [-0.25, -0.2) is 0 Å². The zero-order valence-electron chi connectivity index (χ0n) is 15.4. The van der Waals surface area contributed by atoms with Crippen molar-refractivity contribution in [2.24, 2.45) is 7.05 Å². The van der Waals surface area contributed by atoms with Crippen LogP contribution >= 0.6 is 0 Å². The number of ether oxygens (including phenoxy) is 2. The Bertz CT molecular complexity index is 892. The number of carbonyl (C=O) groups excluding carboxylic acids is 2. The topological polar surface area (TPSA) is 85.7 Å². The van der Waals surface area contributed by atoms with Gasteiger partial charge in [-0.1, -0.05) is 6.07 Å². The third kappa shape index (κ3) is 3.34. The standard InChI is InChI=1S/C19H22N4O4/c1-12-14(9-21-22(12)2)8-20-19(25)15-4-6-18(24)23(15)10-13-3-5-16-17(7-13)27-11-26-16/h3,5,7,9,15H,4,6,8,10-11H2,1-2H3,(H,20,25). The Morgan fingerprint density at radius 3 is 2.93 bits per heavy atom. The monoisotopic (exact) mass is 370 g/mol. The van der Waals surface area contributed by atoms with Gasteiger partial charge in [0.1, 0.15) is 6.04 Å². The first-order valence-corrected chi connectivity index (χ1v) is 8.96. The van der Waals surface area contributed by atoms with Gasteiger partial charge in [0.15, 0.2) is 11.5 Å². The maximum absolute atomic E-state index is 12.7. The van der Waals surface area contributed by atoms with Gasteiger partial charge in [-0.3, -0.25) is 14.3 Å². The van der Waals surface area contributed by atoms with E-state index in [1.807, 2.05) is 32.2 Å². The fourth-order valence-electron chi connectivity index (χ4n) is 3.46. The van der Waals surface area contributed by atoms with Gasteiger partial charge in [-0.05, 0) is 31.0 Å². The first-order chi connectivity index (χ1) is 13.0. The van der Waals surface area contributed by atoms with Crippen LogP contribution in [0.3, 0.4) is 0 Å². The summed E-state index contributed by atoms with van der Waals surface area (Å²) < 4.78 is 12.5. The molecule has 0 saturated carbocycles. The van der Waals surface area contributed by atoms with Gasteiger partial charge in [0.2, 0.25) is 18.6 Å². The summed E-state index contributed by atoms with van der Waals surface area (Å²) in [6.07, 6.45) is 2.66. The van der Waals surface area contributed by atoms with Crippen molar-refractivity contribution in [1.29, 1.82) is 0 Å². The fourth-order valence-corrected chi connectivity index (χ4v) is 3.46. The van der Waals surface area contributed by atoms with E-state index in [2.05, 4.69) is 10.4 Å². The molecule has 0 radical (unpaired) electrons. The number of hydrogen-bond donors (Lipinski definition) is 1. The molecule has 1 fully saturated rings. The average molecular weight is 370 g/mol. The minimum Gasteiger partial charge on any atom is -0.454 e. The Balaban J connectivity index is 1.43. The van der Waals surface area contributed by atoms with Crippen molar-refractivity contribution >= 4 is 11.8 Å². The lowest BCUT2D eigenvalue weighted by atomic mass is 10.1. The number of nitrogens with zero attached hydrogens (tertiary/aromatic N) is 3. The number of aryl methyl sites for hydroxylation is 1. The van der Waals surface area contributed by atoms with Crippen LogP contribution in [0, 0.1) is 6.92 Å². The molecule has 2 aromatic rings. The van der Waals surface area contributed by atoms with E-state index in [9.17, 15) is 9.59 Å². The van der Waals surface area contributed by atoms with E-state index in [4.69, 9.17) is 9.47 Å². The molecule has 2 amide bonds. The van der Waals surface area contributed by atoms with Gasteiger partial charge in [0.25, 0.3) is 0 Å². The largest absolute Gasteiger partial charge is 0.454 e. The number of aromatic nitrogens is 2. The van der Waals surface area contributed by atoms with Crippen LogP contribution in [0.25, 0.3) is 0 Å². The number of hydrogen-bond acceptors (Lipinski definition) is 5. The maximum Gasteiger partial charge on any atom is 0.243 e. The SMILES string of the molecule is Cc1c(CNC(=O)C2CCC(=O)N2Cc2ccc3c(c2)OCO3)cnn1C. The van der Waals surface area contributed by atoms with Crippen LogP contribution in [-0.2, 0) is 29.7 Å². The summed E-state index contributed by atoms with van der Waals surface area (Å²) in [7, 11) is 1.86. The zero-order valence-corrected chi connectivity index (χ0v) is 15.4. The van der Waals surface area contributed by atoms with Gasteiger partial charge in [0.05, 0.1) is 6.20 Å². The summed E-state index contributed by atoms with van der Waals surface area (Å²) in [6, 6.07) is 5.13. The normalized spacial score (nSPS) is 18.2. The molecule has 1 atom stereocenters. The molecular weight excluding hydrogens is 348 g/mol. The van der Waals surface area contributed by atoms with Crippen molar-refractivity contribution < 1.29 is 19.1 Å². The van der Waals surface area contributed by atoms with Gasteiger partial charge < -0.3 is 19.7 Å². The molecule has 142 valence electrons. The summed E-state index contributed by atoms with van der Waals surface area (Å²) in [6.45, 7) is 2.94. The van der Waals surface area contributed by atoms with Gasteiger partial charge >= 0.3 is 0 Å². The molecule has 1 N–H and O–H groups in total. The van der Waals surface area contributed by atoms with Crippen molar-refractivity contribution in [3.63, 3.8) is 0 Å². The van der Waals surface area contributed by atoms with Crippen LogP contribution < -0.4 is 14.8 Å². The highest BCUT2D eigenvalue weighted by Gasteiger charge is 2.36. The molecule has 8 heteroatoms. The van der Waals surface area contributed by atoms with E-state index >= 15 is 0 Å². The fraction of sp³-hybridized carbons (Fsp3) is 0.421. The van der Waals surface area contributed by atoms with Gasteiger partial charge in [0, 0.05) is 37.8 Å². The van der Waals surface area contributed by atoms with Crippen molar-refractivity contribution in [3.8, 4) is 11.5 Å². The van der Waals surface area contributed by atoms with Crippen molar-refractivity contribution in [3.05, 3.63) is 41.2 Å². The lowest BCUT2D eigenvalue weighted by molar-refractivity contribution is -0.135. The summed E-state index contributed by atoms with van der Waals surface area (Å²) in [5.74, 6) is 1.23. The minimum atomic E-state index is -0.458. The molecule has 1 aromatic heterocycles. The Morgan fingerprint density at radius 1 is 1.33 bits per heavy atom. The lowest BCUT2D eigenvalue weighted by Crippen LogP contribution is -2.44. The Hall–Kier alpha value is -3.03. The molecule has 0 bridgehead atoms. The molecular formula is C19H22N4O4. The summed E-state index contributed by atoms with van der Waals surface area (Å²) in [4.78, 5) is 26.7. The van der Waals surface area contributed by atoms with Crippen molar-refractivity contribution in [2.45, 2.75) is 38.9 Å². The molecule has 3 heterocycles. The number of carbonyl (C=O) groups is 2. The second kappa shape index (κ2) is 6.94. The van der Waals surface area contributed by atoms with E-state index in [1.165, 1.54) is 0 Å². The van der Waals surface area contributed by atoms with Crippen LogP contribution in [0.2, 0.25) is 0 Å². The number of fused-ring (bicyclic) bond motifs is 1. The van der Waals surface area contributed by atoms with Crippen LogP contribution in [0.1, 0.15) is 29.7 Å². The second-order valence-electron chi connectivity index (χ2n) is 6.86. The molecule has 0 spiro atoms. The number of likely N-dealkylation sites (tertiary alicyclic amines) is 1. The highest BCUT2D eigenvalue weighted by atomic mass is 16.7. The van der Waals surface area contributed by atoms with Gasteiger partial charge in [-0.15, -0.1) is 0 Å². The quantitative estimate of drug-likeness (QED) is 0.857. The van der Waals surface area contributed by atoms with Crippen LogP contribution in [0.5, 0.6) is 11.5 Å². The first-order valence-electron chi connectivity index (χ1n) is 8.96. The average Bonchev–Trinajstić information content (AvgIpc) is 3.35. The van der Waals surface area contributed by atoms with Crippen LogP contribution in [0.4, 0.5) is 0 Å². The lowest BCUT2D eigenvalue weighted by Gasteiger charge is -2.24. The van der Waals surface area contributed by atoms with E-state index in [0.29, 0.717) is 37.4 Å². The van der Waals surface area contributed by atoms with E-state index in [1.54, 1.807) is 15.8 Å². The second-order valence-corrected chi connectivity index (χ2v) is 6.86. The Kier molecular flexibility index (Phi) is 4.47. The molecule has 1 aromatic carbocycles. The van der Waals surface area contributed by atoms with E-state index in [-0.39, 0.29) is 18.6 Å². The number of benzene rings is 1. The smallest absolute Gasteiger partial charge is 0.243 e. The highest BCUT2D eigenvalue weighted by Crippen LogP contribution is 2.33. The van der Waals surface area contributed by atoms with E-state index in [0.717, 1.165) is 16.8 Å². The zero-order chi connectivity index (χ0) is 19.0. The number of amides is 2. The molecule has 0 aliphatic carbocycles. The third-order valence-corrected chi connectivity index (χ3v) is 5.21.